The van der Waals surface area contributed by atoms with Gasteiger partial charge in [-0.05, 0) is 66.7 Å². The van der Waals surface area contributed by atoms with Gasteiger partial charge in [-0.25, -0.2) is 13.4 Å². The van der Waals surface area contributed by atoms with Crippen LogP contribution in [0.15, 0.2) is 88.6 Å². The largest absolute Gasteiger partial charge is 0.497 e. The van der Waals surface area contributed by atoms with E-state index in [1.165, 1.54) is 30.6 Å². The van der Waals surface area contributed by atoms with Crippen LogP contribution in [0.25, 0.3) is 0 Å². The molecule has 1 amide bonds. The highest BCUT2D eigenvalue weighted by molar-refractivity contribution is 7.92. The third-order valence-corrected chi connectivity index (χ3v) is 6.75. The van der Waals surface area contributed by atoms with Crippen LogP contribution < -0.4 is 19.5 Å². The summed E-state index contributed by atoms with van der Waals surface area (Å²) < 4.78 is 38.8. The zero-order valence-corrected chi connectivity index (χ0v) is 19.7. The summed E-state index contributed by atoms with van der Waals surface area (Å²) in [5.41, 5.74) is 3.73. The molecule has 3 aromatic carbocycles. The second-order valence-corrected chi connectivity index (χ2v) is 9.51. The Kier molecular flexibility index (Phi) is 7.09. The number of nitrogens with one attached hydrogen (secondary N) is 2. The number of aromatic nitrogens is 1. The van der Waals surface area contributed by atoms with Crippen LogP contribution in [0.2, 0.25) is 0 Å². The first-order valence-corrected chi connectivity index (χ1v) is 12.5. The maximum absolute atomic E-state index is 12.8. The van der Waals surface area contributed by atoms with Gasteiger partial charge in [0.2, 0.25) is 0 Å². The molecule has 0 bridgehead atoms. The first-order valence-electron chi connectivity index (χ1n) is 10.1. The predicted molar refractivity (Wildman–Crippen MR) is 131 cm³/mol. The SMILES string of the molecule is COc1ccc(NS(=O)(=O)c2cccc(NC(=O)c3ccc(OCc4cscn4)cc3)c2)cc1. The van der Waals surface area contributed by atoms with E-state index in [4.69, 9.17) is 9.47 Å². The van der Waals surface area contributed by atoms with Crippen LogP contribution in [0.4, 0.5) is 11.4 Å². The monoisotopic (exact) mass is 495 g/mol. The number of amides is 1. The molecular formula is C24H21N3O5S2. The minimum Gasteiger partial charge on any atom is -0.497 e. The number of benzene rings is 3. The summed E-state index contributed by atoms with van der Waals surface area (Å²) in [6, 6.07) is 19.2. The highest BCUT2D eigenvalue weighted by atomic mass is 32.2. The number of sulfonamides is 1. The molecule has 0 unspecified atom stereocenters. The van der Waals surface area contributed by atoms with Gasteiger partial charge in [0.25, 0.3) is 15.9 Å². The molecule has 34 heavy (non-hydrogen) atoms. The van der Waals surface area contributed by atoms with Crippen molar-refractivity contribution in [3.05, 3.63) is 94.9 Å². The van der Waals surface area contributed by atoms with Crippen LogP contribution in [-0.4, -0.2) is 26.4 Å². The maximum atomic E-state index is 12.8. The summed E-state index contributed by atoms with van der Waals surface area (Å²) in [5, 5.41) is 4.63. The van der Waals surface area contributed by atoms with Crippen molar-refractivity contribution < 1.29 is 22.7 Å². The number of anilines is 2. The molecule has 10 heteroatoms. The number of rotatable bonds is 9. The Morgan fingerprint density at radius 1 is 0.971 bits per heavy atom. The average molecular weight is 496 g/mol. The van der Waals surface area contributed by atoms with Crippen molar-refractivity contribution in [1.82, 2.24) is 4.98 Å². The number of carbonyl (C=O) groups excluding carboxylic acids is 1. The highest BCUT2D eigenvalue weighted by Crippen LogP contribution is 2.22. The first kappa shape index (κ1) is 23.3. The van der Waals surface area contributed by atoms with Crippen LogP contribution in [0.1, 0.15) is 16.1 Å². The lowest BCUT2D eigenvalue weighted by Crippen LogP contribution is -2.15. The van der Waals surface area contributed by atoms with Gasteiger partial charge in [0.1, 0.15) is 18.1 Å². The lowest BCUT2D eigenvalue weighted by atomic mass is 10.2. The number of thiazole rings is 1. The fourth-order valence-corrected chi connectivity index (χ4v) is 4.63. The van der Waals surface area contributed by atoms with E-state index in [0.29, 0.717) is 35.0 Å². The topological polar surface area (TPSA) is 107 Å². The summed E-state index contributed by atoms with van der Waals surface area (Å²) in [7, 11) is -2.32. The number of methoxy groups -OCH3 is 1. The normalized spacial score (nSPS) is 11.0. The fraction of sp³-hybridized carbons (Fsp3) is 0.0833. The molecule has 2 N–H and O–H groups in total. The third kappa shape index (κ3) is 5.91. The van der Waals surface area contributed by atoms with Crippen LogP contribution in [-0.2, 0) is 16.6 Å². The summed E-state index contributed by atoms with van der Waals surface area (Å²) in [6.45, 7) is 0.348. The Bertz CT molecular complexity index is 1350. The molecule has 1 heterocycles. The second kappa shape index (κ2) is 10.4. The summed E-state index contributed by atoms with van der Waals surface area (Å²) >= 11 is 1.50. The van der Waals surface area contributed by atoms with E-state index >= 15 is 0 Å². The second-order valence-electron chi connectivity index (χ2n) is 7.11. The van der Waals surface area contributed by atoms with Gasteiger partial charge in [-0.3, -0.25) is 9.52 Å². The van der Waals surface area contributed by atoms with E-state index < -0.39 is 10.0 Å². The number of nitrogens with zero attached hydrogens (tertiary/aromatic N) is 1. The van der Waals surface area contributed by atoms with Crippen molar-refractivity contribution in [3.8, 4) is 11.5 Å². The predicted octanol–water partition coefficient (Wildman–Crippen LogP) is 4.78. The fourth-order valence-electron chi connectivity index (χ4n) is 2.99. The Hall–Kier alpha value is -3.89. The molecule has 0 aliphatic rings. The van der Waals surface area contributed by atoms with E-state index in [1.54, 1.807) is 66.2 Å². The van der Waals surface area contributed by atoms with Gasteiger partial charge in [0.15, 0.2) is 0 Å². The molecule has 0 fully saturated rings. The molecule has 0 radical (unpaired) electrons. The zero-order chi connectivity index (χ0) is 24.0. The number of carbonyl (C=O) groups is 1. The molecule has 0 saturated carbocycles. The molecule has 4 aromatic rings. The first-order chi connectivity index (χ1) is 16.4. The molecule has 0 spiro atoms. The molecule has 8 nitrogen and oxygen atoms in total. The standard InChI is InChI=1S/C24H21N3O5S2/c1-31-21-11-7-18(8-12-21)27-34(29,30)23-4-2-3-19(13-23)26-24(28)17-5-9-22(10-6-17)32-14-20-15-33-16-25-20/h2-13,15-16,27H,14H2,1H3,(H,26,28). The summed E-state index contributed by atoms with van der Waals surface area (Å²) in [5.74, 6) is 0.859. The van der Waals surface area contributed by atoms with Gasteiger partial charge < -0.3 is 14.8 Å². The van der Waals surface area contributed by atoms with Crippen molar-refractivity contribution in [1.29, 1.82) is 0 Å². The Labute approximate surface area is 201 Å². The van der Waals surface area contributed by atoms with E-state index in [-0.39, 0.29) is 10.8 Å². The van der Waals surface area contributed by atoms with E-state index in [2.05, 4.69) is 15.0 Å². The lowest BCUT2D eigenvalue weighted by Gasteiger charge is -2.11. The quantitative estimate of drug-likeness (QED) is 0.346. The Balaban J connectivity index is 1.40. The third-order valence-electron chi connectivity index (χ3n) is 4.73. The summed E-state index contributed by atoms with van der Waals surface area (Å²) in [6.07, 6.45) is 0. The maximum Gasteiger partial charge on any atom is 0.261 e. The van der Waals surface area contributed by atoms with Gasteiger partial charge in [-0.2, -0.15) is 0 Å². The number of ether oxygens (including phenoxy) is 2. The average Bonchev–Trinajstić information content (AvgIpc) is 3.37. The van der Waals surface area contributed by atoms with Crippen molar-refractivity contribution in [2.75, 3.05) is 17.1 Å². The van der Waals surface area contributed by atoms with E-state index in [1.807, 2.05) is 5.38 Å². The van der Waals surface area contributed by atoms with E-state index in [9.17, 15) is 13.2 Å². The Morgan fingerprint density at radius 2 is 1.71 bits per heavy atom. The van der Waals surface area contributed by atoms with Crippen molar-refractivity contribution in [3.63, 3.8) is 0 Å². The van der Waals surface area contributed by atoms with E-state index in [0.717, 1.165) is 5.69 Å². The van der Waals surface area contributed by atoms with Crippen molar-refractivity contribution >= 4 is 38.6 Å². The summed E-state index contributed by atoms with van der Waals surface area (Å²) in [4.78, 5) is 16.8. The zero-order valence-electron chi connectivity index (χ0n) is 18.1. The molecule has 0 atom stereocenters. The molecular weight excluding hydrogens is 474 g/mol. The number of hydrogen-bond donors (Lipinski definition) is 2. The highest BCUT2D eigenvalue weighted by Gasteiger charge is 2.16. The Morgan fingerprint density at radius 3 is 2.38 bits per heavy atom. The van der Waals surface area contributed by atoms with Gasteiger partial charge in [0.05, 0.1) is 23.2 Å². The lowest BCUT2D eigenvalue weighted by molar-refractivity contribution is 0.102. The van der Waals surface area contributed by atoms with Crippen molar-refractivity contribution in [2.45, 2.75) is 11.5 Å². The molecule has 1 aromatic heterocycles. The number of hydrogen-bond acceptors (Lipinski definition) is 7. The molecule has 0 saturated heterocycles. The van der Waals surface area contributed by atoms with Gasteiger partial charge in [0, 0.05) is 22.3 Å². The van der Waals surface area contributed by atoms with Gasteiger partial charge in [-0.15, -0.1) is 11.3 Å². The minimum atomic E-state index is -3.85. The van der Waals surface area contributed by atoms with Gasteiger partial charge in [-0.1, -0.05) is 6.07 Å². The molecule has 4 rings (SSSR count). The van der Waals surface area contributed by atoms with Crippen LogP contribution in [0.5, 0.6) is 11.5 Å². The molecule has 0 aliphatic carbocycles. The van der Waals surface area contributed by atoms with Crippen molar-refractivity contribution in [2.24, 2.45) is 0 Å². The van der Waals surface area contributed by atoms with Gasteiger partial charge >= 0.3 is 0 Å². The molecule has 0 aliphatic heterocycles. The molecule has 174 valence electrons. The van der Waals surface area contributed by atoms with Crippen LogP contribution in [0, 0.1) is 0 Å². The minimum absolute atomic E-state index is 0.0203. The van der Waals surface area contributed by atoms with Crippen LogP contribution in [0.3, 0.4) is 0 Å². The smallest absolute Gasteiger partial charge is 0.261 e. The van der Waals surface area contributed by atoms with Crippen LogP contribution >= 0.6 is 11.3 Å².